The van der Waals surface area contributed by atoms with Crippen LogP contribution in [0.5, 0.6) is 0 Å². The first-order chi connectivity index (χ1) is 7.18. The minimum Gasteiger partial charge on any atom is -0.481 e. The largest absolute Gasteiger partial charge is 0.481 e. The summed E-state index contributed by atoms with van der Waals surface area (Å²) in [5.41, 5.74) is 0. The molecule has 94 valence electrons. The lowest BCUT2D eigenvalue weighted by Gasteiger charge is -2.16. The van der Waals surface area contributed by atoms with Gasteiger partial charge >= 0.3 is 11.9 Å². The molecular formula is C9H16O6S. The van der Waals surface area contributed by atoms with Crippen LogP contribution in [0.2, 0.25) is 0 Å². The van der Waals surface area contributed by atoms with Gasteiger partial charge in [0.25, 0.3) is 0 Å². The molecule has 0 bridgehead atoms. The number of sulfone groups is 1. The molecule has 0 aromatic carbocycles. The van der Waals surface area contributed by atoms with Crippen molar-refractivity contribution in [1.82, 2.24) is 0 Å². The second-order valence-corrected chi connectivity index (χ2v) is 6.11. The summed E-state index contributed by atoms with van der Waals surface area (Å²) in [5, 5.41) is 15.7. The van der Waals surface area contributed by atoms with Gasteiger partial charge in [0.1, 0.15) is 0 Å². The van der Waals surface area contributed by atoms with Crippen molar-refractivity contribution in [3.05, 3.63) is 0 Å². The van der Waals surface area contributed by atoms with Gasteiger partial charge in [-0.2, -0.15) is 0 Å². The van der Waals surface area contributed by atoms with E-state index in [4.69, 9.17) is 10.2 Å². The van der Waals surface area contributed by atoms with Crippen LogP contribution in [0.25, 0.3) is 0 Å². The molecule has 16 heavy (non-hydrogen) atoms. The highest BCUT2D eigenvalue weighted by atomic mass is 32.2. The summed E-state index contributed by atoms with van der Waals surface area (Å²) in [5.74, 6) is -3.42. The second kappa shape index (κ2) is 5.83. The molecule has 0 fully saturated rings. The van der Waals surface area contributed by atoms with Gasteiger partial charge in [-0.05, 0) is 12.3 Å². The van der Waals surface area contributed by atoms with E-state index in [1.807, 2.05) is 0 Å². The summed E-state index contributed by atoms with van der Waals surface area (Å²) in [7, 11) is -3.78. The summed E-state index contributed by atoms with van der Waals surface area (Å²) < 4.78 is 23.2. The van der Waals surface area contributed by atoms with Gasteiger partial charge < -0.3 is 10.2 Å². The lowest BCUT2D eigenvalue weighted by molar-refractivity contribution is -0.138. The molecule has 0 radical (unpaired) electrons. The zero-order valence-electron chi connectivity index (χ0n) is 9.21. The van der Waals surface area contributed by atoms with E-state index in [1.165, 1.54) is 13.8 Å². The number of carboxylic acid groups (broad SMARTS) is 2. The standard InChI is InChI=1S/C9H16O6S/c1-6(2)8(9(12)13)16(14,15)5-3-4-7(10)11/h6,8H,3-5H2,1-2H3,(H,10,11)(H,12,13). The van der Waals surface area contributed by atoms with Crippen molar-refractivity contribution >= 4 is 21.8 Å². The average molecular weight is 252 g/mol. The summed E-state index contributed by atoms with van der Waals surface area (Å²) in [4.78, 5) is 21.0. The van der Waals surface area contributed by atoms with Crippen molar-refractivity contribution in [2.45, 2.75) is 31.9 Å². The Balaban J connectivity index is 4.62. The minimum absolute atomic E-state index is 0.0613. The van der Waals surface area contributed by atoms with E-state index in [0.717, 1.165) is 0 Å². The number of carbonyl (C=O) groups is 2. The third kappa shape index (κ3) is 4.61. The topological polar surface area (TPSA) is 109 Å². The lowest BCUT2D eigenvalue weighted by Crippen LogP contribution is -2.36. The van der Waals surface area contributed by atoms with Gasteiger partial charge in [-0.3, -0.25) is 9.59 Å². The Hall–Kier alpha value is -1.11. The van der Waals surface area contributed by atoms with Gasteiger partial charge in [0, 0.05) is 6.42 Å². The molecular weight excluding hydrogens is 236 g/mol. The summed E-state index contributed by atoms with van der Waals surface area (Å²) in [6.45, 7) is 3.01. The molecule has 0 aromatic rings. The van der Waals surface area contributed by atoms with Crippen LogP contribution < -0.4 is 0 Å². The molecule has 0 aliphatic carbocycles. The first-order valence-electron chi connectivity index (χ1n) is 4.84. The number of hydrogen-bond donors (Lipinski definition) is 2. The fraction of sp³-hybridized carbons (Fsp3) is 0.778. The van der Waals surface area contributed by atoms with Crippen LogP contribution in [-0.2, 0) is 19.4 Å². The van der Waals surface area contributed by atoms with Gasteiger partial charge in [-0.15, -0.1) is 0 Å². The van der Waals surface area contributed by atoms with Crippen LogP contribution in [0, 0.1) is 5.92 Å². The van der Waals surface area contributed by atoms with Crippen molar-refractivity contribution in [2.75, 3.05) is 5.75 Å². The number of carboxylic acids is 2. The molecule has 6 nitrogen and oxygen atoms in total. The average Bonchev–Trinajstić information content (AvgIpc) is 1.98. The third-order valence-electron chi connectivity index (χ3n) is 2.06. The predicted molar refractivity (Wildman–Crippen MR) is 56.9 cm³/mol. The van der Waals surface area contributed by atoms with Crippen molar-refractivity contribution in [1.29, 1.82) is 0 Å². The highest BCUT2D eigenvalue weighted by Crippen LogP contribution is 2.15. The van der Waals surface area contributed by atoms with E-state index in [9.17, 15) is 18.0 Å². The Morgan fingerprint density at radius 1 is 1.19 bits per heavy atom. The second-order valence-electron chi connectivity index (χ2n) is 3.87. The van der Waals surface area contributed by atoms with Crippen LogP contribution in [0.15, 0.2) is 0 Å². The summed E-state index contributed by atoms with van der Waals surface area (Å²) in [6.07, 6.45) is -0.335. The fourth-order valence-electron chi connectivity index (χ4n) is 1.40. The van der Waals surface area contributed by atoms with Crippen LogP contribution >= 0.6 is 0 Å². The van der Waals surface area contributed by atoms with E-state index < -0.39 is 38.7 Å². The molecule has 0 aliphatic rings. The molecule has 7 heteroatoms. The predicted octanol–water partition coefficient (Wildman–Crippen LogP) is 0.375. The Morgan fingerprint density at radius 2 is 1.69 bits per heavy atom. The van der Waals surface area contributed by atoms with E-state index >= 15 is 0 Å². The fourth-order valence-corrected chi connectivity index (χ4v) is 3.34. The Kier molecular flexibility index (Phi) is 5.43. The molecule has 0 rings (SSSR count). The molecule has 0 heterocycles. The monoisotopic (exact) mass is 252 g/mol. The first kappa shape index (κ1) is 14.9. The maximum Gasteiger partial charge on any atom is 0.322 e. The Bertz CT molecular complexity index is 356. The molecule has 0 saturated carbocycles. The normalized spacial score (nSPS) is 13.7. The third-order valence-corrected chi connectivity index (χ3v) is 4.43. The van der Waals surface area contributed by atoms with Gasteiger partial charge in [0.05, 0.1) is 5.75 Å². The van der Waals surface area contributed by atoms with Crippen molar-refractivity contribution in [3.8, 4) is 0 Å². The molecule has 2 N–H and O–H groups in total. The molecule has 0 aromatic heterocycles. The number of hydrogen-bond acceptors (Lipinski definition) is 4. The van der Waals surface area contributed by atoms with Crippen molar-refractivity contribution in [3.63, 3.8) is 0 Å². The highest BCUT2D eigenvalue weighted by Gasteiger charge is 2.34. The summed E-state index contributed by atoms with van der Waals surface area (Å²) >= 11 is 0. The lowest BCUT2D eigenvalue weighted by atomic mass is 10.1. The van der Waals surface area contributed by atoms with Gasteiger partial charge in [0.2, 0.25) is 0 Å². The summed E-state index contributed by atoms with van der Waals surface area (Å²) in [6, 6.07) is 0. The zero-order valence-corrected chi connectivity index (χ0v) is 10.0. The zero-order chi connectivity index (χ0) is 12.9. The Morgan fingerprint density at radius 3 is 2.00 bits per heavy atom. The SMILES string of the molecule is CC(C)C(C(=O)O)S(=O)(=O)CCCC(=O)O. The van der Waals surface area contributed by atoms with Gasteiger partial charge in [-0.1, -0.05) is 13.8 Å². The van der Waals surface area contributed by atoms with Crippen molar-refractivity contribution < 1.29 is 28.2 Å². The van der Waals surface area contributed by atoms with Crippen LogP contribution in [-0.4, -0.2) is 41.6 Å². The highest BCUT2D eigenvalue weighted by molar-refractivity contribution is 7.92. The smallest absolute Gasteiger partial charge is 0.322 e. The maximum absolute atomic E-state index is 11.6. The minimum atomic E-state index is -3.78. The molecule has 0 aliphatic heterocycles. The van der Waals surface area contributed by atoms with Gasteiger partial charge in [-0.25, -0.2) is 8.42 Å². The van der Waals surface area contributed by atoms with E-state index in [1.54, 1.807) is 0 Å². The molecule has 0 saturated heterocycles. The quantitative estimate of drug-likeness (QED) is 0.677. The number of rotatable bonds is 7. The van der Waals surface area contributed by atoms with Gasteiger partial charge in [0.15, 0.2) is 15.1 Å². The van der Waals surface area contributed by atoms with E-state index in [2.05, 4.69) is 0 Å². The van der Waals surface area contributed by atoms with Crippen LogP contribution in [0.4, 0.5) is 0 Å². The molecule has 0 spiro atoms. The molecule has 1 atom stereocenters. The van der Waals surface area contributed by atoms with Crippen LogP contribution in [0.3, 0.4) is 0 Å². The maximum atomic E-state index is 11.6. The first-order valence-corrected chi connectivity index (χ1v) is 6.56. The van der Waals surface area contributed by atoms with Crippen molar-refractivity contribution in [2.24, 2.45) is 5.92 Å². The Labute approximate surface area is 94.2 Å². The molecule has 1 unspecified atom stereocenters. The van der Waals surface area contributed by atoms with E-state index in [-0.39, 0.29) is 12.8 Å². The number of aliphatic carboxylic acids is 2. The van der Waals surface area contributed by atoms with Crippen LogP contribution in [0.1, 0.15) is 26.7 Å². The molecule has 0 amide bonds. The van der Waals surface area contributed by atoms with E-state index in [0.29, 0.717) is 0 Å².